The van der Waals surface area contributed by atoms with Crippen LogP contribution < -0.4 is 14.9 Å². The lowest BCUT2D eigenvalue weighted by molar-refractivity contribution is -0.120. The third-order valence-electron chi connectivity index (χ3n) is 6.56. The minimum Gasteiger partial charge on any atom is -0.341 e. The first kappa shape index (κ1) is 22.8. The third kappa shape index (κ3) is 4.84. The molecule has 1 fully saturated rings. The van der Waals surface area contributed by atoms with Crippen molar-refractivity contribution in [2.45, 2.75) is 63.7 Å². The number of fused-ring (bicyclic) bond motifs is 1. The maximum absolute atomic E-state index is 12.8. The molecule has 2 N–H and O–H groups in total. The molecule has 0 unspecified atom stereocenters. The van der Waals surface area contributed by atoms with Crippen LogP contribution in [0.15, 0.2) is 48.5 Å². The molecule has 1 heterocycles. The molecule has 1 aliphatic heterocycles. The highest BCUT2D eigenvalue weighted by molar-refractivity contribution is 7.90. The fourth-order valence-corrected chi connectivity index (χ4v) is 5.47. The van der Waals surface area contributed by atoms with E-state index < -0.39 is 14.8 Å². The highest BCUT2D eigenvalue weighted by Crippen LogP contribution is 2.35. The molecule has 2 aliphatic rings. The van der Waals surface area contributed by atoms with Gasteiger partial charge in [-0.25, -0.2) is 13.1 Å². The van der Waals surface area contributed by atoms with Gasteiger partial charge in [-0.15, -0.1) is 0 Å². The molecule has 1 saturated carbocycles. The number of carbonyl (C=O) groups is 1. The highest BCUT2D eigenvalue weighted by Gasteiger charge is 2.34. The second kappa shape index (κ2) is 8.87. The van der Waals surface area contributed by atoms with Crippen molar-refractivity contribution < 1.29 is 13.2 Å². The topological polar surface area (TPSA) is 78.5 Å². The first-order valence-corrected chi connectivity index (χ1v) is 12.9. The molecule has 0 spiro atoms. The molecular weight excluding hydrogens is 422 g/mol. The molecule has 0 radical (unpaired) electrons. The van der Waals surface area contributed by atoms with Crippen molar-refractivity contribution >= 4 is 33.0 Å². The summed E-state index contributed by atoms with van der Waals surface area (Å²) in [7, 11) is -3.37. The van der Waals surface area contributed by atoms with Gasteiger partial charge in [0.25, 0.3) is 0 Å². The molecule has 32 heavy (non-hydrogen) atoms. The fourth-order valence-electron chi connectivity index (χ4n) is 4.45. The van der Waals surface area contributed by atoms with E-state index >= 15 is 0 Å². The Morgan fingerprint density at radius 3 is 2.28 bits per heavy atom. The molecule has 0 saturated heterocycles. The Labute approximate surface area is 191 Å². The van der Waals surface area contributed by atoms with Gasteiger partial charge >= 0.3 is 0 Å². The molecule has 1 aliphatic carbocycles. The van der Waals surface area contributed by atoms with Crippen molar-refractivity contribution in [2.24, 2.45) is 5.92 Å². The van der Waals surface area contributed by atoms with E-state index in [1.54, 1.807) is 20.8 Å². The van der Waals surface area contributed by atoms with Crippen LogP contribution in [0.3, 0.4) is 0 Å². The van der Waals surface area contributed by atoms with Gasteiger partial charge in [0.15, 0.2) is 0 Å². The van der Waals surface area contributed by atoms with E-state index in [0.29, 0.717) is 25.7 Å². The first-order chi connectivity index (χ1) is 15.1. The SMILES string of the molecule is CC(C)(C)S(=O)(=O)NC1CCC(C(=O)Nc2ccc(N3CCc4ccccc43)cc2)CC1. The van der Waals surface area contributed by atoms with Crippen LogP contribution in [0.1, 0.15) is 52.0 Å². The summed E-state index contributed by atoms with van der Waals surface area (Å²) in [4.78, 5) is 15.1. The van der Waals surface area contributed by atoms with Crippen molar-refractivity contribution in [3.8, 4) is 0 Å². The predicted molar refractivity (Wildman–Crippen MR) is 130 cm³/mol. The molecule has 1 amide bonds. The van der Waals surface area contributed by atoms with E-state index in [2.05, 4.69) is 51.3 Å². The minimum absolute atomic E-state index is 0.0152. The summed E-state index contributed by atoms with van der Waals surface area (Å²) in [5.74, 6) is -0.0723. The zero-order valence-electron chi connectivity index (χ0n) is 19.1. The third-order valence-corrected chi connectivity index (χ3v) is 8.82. The van der Waals surface area contributed by atoms with Crippen LogP contribution in [0.2, 0.25) is 0 Å². The largest absolute Gasteiger partial charge is 0.341 e. The van der Waals surface area contributed by atoms with Gasteiger partial charge < -0.3 is 10.2 Å². The van der Waals surface area contributed by atoms with Gasteiger partial charge in [-0.1, -0.05) is 18.2 Å². The average molecular weight is 456 g/mol. The minimum atomic E-state index is -3.37. The number of rotatable bonds is 5. The molecular formula is C25H33N3O3S. The van der Waals surface area contributed by atoms with Crippen LogP contribution in [-0.2, 0) is 21.2 Å². The molecule has 2 aromatic rings. The normalized spacial score (nSPS) is 21.3. The summed E-state index contributed by atoms with van der Waals surface area (Å²) in [6.45, 7) is 6.06. The number of para-hydroxylation sites is 1. The summed E-state index contributed by atoms with van der Waals surface area (Å²) in [5, 5.41) is 3.04. The van der Waals surface area contributed by atoms with E-state index in [9.17, 15) is 13.2 Å². The van der Waals surface area contributed by atoms with Crippen LogP contribution in [0.4, 0.5) is 17.1 Å². The standard InChI is InChI=1S/C25H33N3O3S/c1-25(2,3)32(30,31)27-21-10-8-19(9-11-21)24(29)26-20-12-14-22(15-13-20)28-17-16-18-6-4-5-7-23(18)28/h4-7,12-15,19,21,27H,8-11,16-17H2,1-3H3,(H,26,29). The number of amides is 1. The zero-order valence-corrected chi connectivity index (χ0v) is 19.9. The fraction of sp³-hybridized carbons (Fsp3) is 0.480. The number of benzene rings is 2. The van der Waals surface area contributed by atoms with Gasteiger partial charge in [0, 0.05) is 35.6 Å². The molecule has 0 bridgehead atoms. The summed E-state index contributed by atoms with van der Waals surface area (Å²) in [6, 6.07) is 16.4. The average Bonchev–Trinajstić information content (AvgIpc) is 3.18. The predicted octanol–water partition coefficient (Wildman–Crippen LogP) is 4.60. The van der Waals surface area contributed by atoms with E-state index in [0.717, 1.165) is 24.3 Å². The number of sulfonamides is 1. The number of carbonyl (C=O) groups excluding carboxylic acids is 1. The lowest BCUT2D eigenvalue weighted by Gasteiger charge is -2.30. The van der Waals surface area contributed by atoms with Gasteiger partial charge in [-0.05, 0) is 88.8 Å². The summed E-state index contributed by atoms with van der Waals surface area (Å²) < 4.78 is 26.7. The van der Waals surface area contributed by atoms with Crippen LogP contribution in [0, 0.1) is 5.92 Å². The van der Waals surface area contributed by atoms with Crippen LogP contribution in [0.5, 0.6) is 0 Å². The molecule has 0 atom stereocenters. The van der Waals surface area contributed by atoms with Gasteiger partial charge in [-0.2, -0.15) is 0 Å². The zero-order chi connectivity index (χ0) is 22.9. The molecule has 2 aromatic carbocycles. The summed E-state index contributed by atoms with van der Waals surface area (Å²) >= 11 is 0. The van der Waals surface area contributed by atoms with Crippen molar-refractivity contribution in [1.82, 2.24) is 4.72 Å². The number of anilines is 3. The number of nitrogens with zero attached hydrogens (tertiary/aromatic N) is 1. The number of hydrogen-bond acceptors (Lipinski definition) is 4. The molecule has 0 aromatic heterocycles. The van der Waals surface area contributed by atoms with E-state index in [1.165, 1.54) is 11.3 Å². The van der Waals surface area contributed by atoms with Crippen LogP contribution >= 0.6 is 0 Å². The number of nitrogens with one attached hydrogen (secondary N) is 2. The van der Waals surface area contributed by atoms with E-state index in [4.69, 9.17) is 0 Å². The van der Waals surface area contributed by atoms with Gasteiger partial charge in [0.1, 0.15) is 0 Å². The lowest BCUT2D eigenvalue weighted by Crippen LogP contribution is -2.46. The Hall–Kier alpha value is -2.38. The first-order valence-electron chi connectivity index (χ1n) is 11.4. The number of hydrogen-bond donors (Lipinski definition) is 2. The summed E-state index contributed by atoms with van der Waals surface area (Å²) in [6.07, 6.45) is 3.78. The van der Waals surface area contributed by atoms with Crippen molar-refractivity contribution in [3.05, 3.63) is 54.1 Å². The maximum Gasteiger partial charge on any atom is 0.227 e. The molecule has 172 valence electrons. The Kier molecular flexibility index (Phi) is 6.32. The van der Waals surface area contributed by atoms with Crippen molar-refractivity contribution in [3.63, 3.8) is 0 Å². The van der Waals surface area contributed by atoms with Crippen molar-refractivity contribution in [1.29, 1.82) is 0 Å². The smallest absolute Gasteiger partial charge is 0.227 e. The highest BCUT2D eigenvalue weighted by atomic mass is 32.2. The monoisotopic (exact) mass is 455 g/mol. The Bertz CT molecular complexity index is 1070. The quantitative estimate of drug-likeness (QED) is 0.691. The van der Waals surface area contributed by atoms with Gasteiger partial charge in [0.05, 0.1) is 4.75 Å². The summed E-state index contributed by atoms with van der Waals surface area (Å²) in [5.41, 5.74) is 4.54. The van der Waals surface area contributed by atoms with E-state index in [1.807, 2.05) is 12.1 Å². The van der Waals surface area contributed by atoms with Crippen molar-refractivity contribution in [2.75, 3.05) is 16.8 Å². The Morgan fingerprint density at radius 2 is 1.62 bits per heavy atom. The second-order valence-electron chi connectivity index (χ2n) is 9.85. The van der Waals surface area contributed by atoms with Crippen LogP contribution in [-0.4, -0.2) is 31.7 Å². The molecule has 6 nitrogen and oxygen atoms in total. The van der Waals surface area contributed by atoms with Gasteiger partial charge in [0.2, 0.25) is 15.9 Å². The Morgan fingerprint density at radius 1 is 0.969 bits per heavy atom. The maximum atomic E-state index is 12.8. The van der Waals surface area contributed by atoms with E-state index in [-0.39, 0.29) is 17.9 Å². The second-order valence-corrected chi connectivity index (χ2v) is 12.3. The Balaban J connectivity index is 1.31. The van der Waals surface area contributed by atoms with Gasteiger partial charge in [-0.3, -0.25) is 4.79 Å². The van der Waals surface area contributed by atoms with Crippen LogP contribution in [0.25, 0.3) is 0 Å². The molecule has 4 rings (SSSR count). The molecule has 7 heteroatoms. The lowest BCUT2D eigenvalue weighted by atomic mass is 9.86.